The number of hydrogen-bond donors (Lipinski definition) is 3. The minimum absolute atomic E-state index is 0.281. The van der Waals surface area contributed by atoms with Crippen LogP contribution in [0.2, 0.25) is 0 Å². The first-order valence-electron chi connectivity index (χ1n) is 9.70. The van der Waals surface area contributed by atoms with Crippen LogP contribution in [0.5, 0.6) is 0 Å². The quantitative estimate of drug-likeness (QED) is 0.446. The van der Waals surface area contributed by atoms with E-state index in [1.807, 2.05) is 4.68 Å². The Hall–Kier alpha value is -2.87. The fourth-order valence-corrected chi connectivity index (χ4v) is 3.64. The molecule has 1 aliphatic heterocycles. The number of aliphatic imine (C=N–C) groups is 1. The van der Waals surface area contributed by atoms with Gasteiger partial charge in [-0.05, 0) is 23.9 Å². The van der Waals surface area contributed by atoms with E-state index in [2.05, 4.69) is 61.0 Å². The molecule has 148 valence electrons. The molecule has 0 saturated heterocycles. The van der Waals surface area contributed by atoms with Gasteiger partial charge in [-0.3, -0.25) is 4.99 Å². The van der Waals surface area contributed by atoms with Gasteiger partial charge in [-0.15, -0.1) is 0 Å². The number of ether oxygens (including phenoxy) is 1. The number of aromatic nitrogens is 4. The van der Waals surface area contributed by atoms with Crippen molar-refractivity contribution in [3.8, 4) is 0 Å². The summed E-state index contributed by atoms with van der Waals surface area (Å²) in [6.07, 6.45) is 2.82. The number of guanidine groups is 1. The molecular formula is C20H27N7O. The van der Waals surface area contributed by atoms with Crippen molar-refractivity contribution in [1.82, 2.24) is 30.4 Å². The summed E-state index contributed by atoms with van der Waals surface area (Å²) in [5.41, 5.74) is 2.40. The first kappa shape index (κ1) is 18.5. The number of H-pyrrole nitrogens is 1. The number of hydrogen-bond acceptors (Lipinski definition) is 4. The van der Waals surface area contributed by atoms with E-state index in [0.29, 0.717) is 6.61 Å². The topological polar surface area (TPSA) is 92.2 Å². The molecular weight excluding hydrogens is 354 g/mol. The number of para-hydroxylation sites is 1. The summed E-state index contributed by atoms with van der Waals surface area (Å²) in [4.78, 5) is 12.4. The summed E-state index contributed by atoms with van der Waals surface area (Å²) in [5, 5.41) is 12.7. The number of nitrogens with one attached hydrogen (secondary N) is 3. The van der Waals surface area contributed by atoms with Crippen LogP contribution in [0.3, 0.4) is 0 Å². The van der Waals surface area contributed by atoms with E-state index in [9.17, 15) is 0 Å². The summed E-state index contributed by atoms with van der Waals surface area (Å²) in [6, 6.07) is 10.8. The largest absolute Gasteiger partial charge is 0.377 e. The van der Waals surface area contributed by atoms with E-state index in [0.717, 1.165) is 50.0 Å². The molecule has 3 aromatic rings. The molecule has 1 aliphatic rings. The van der Waals surface area contributed by atoms with Crippen molar-refractivity contribution in [2.75, 3.05) is 20.7 Å². The van der Waals surface area contributed by atoms with Crippen molar-refractivity contribution in [2.45, 2.75) is 38.5 Å². The maximum absolute atomic E-state index is 5.13. The van der Waals surface area contributed by atoms with Gasteiger partial charge in [-0.25, -0.2) is 9.67 Å². The van der Waals surface area contributed by atoms with Crippen LogP contribution in [-0.2, 0) is 30.7 Å². The zero-order valence-electron chi connectivity index (χ0n) is 16.4. The van der Waals surface area contributed by atoms with Gasteiger partial charge in [0.1, 0.15) is 12.4 Å². The molecule has 8 nitrogen and oxygen atoms in total. The first-order chi connectivity index (χ1) is 13.7. The number of aryl methyl sites for hydroxylation is 1. The van der Waals surface area contributed by atoms with E-state index in [1.165, 1.54) is 16.6 Å². The average molecular weight is 381 g/mol. The Labute approximate surface area is 164 Å². The lowest BCUT2D eigenvalue weighted by molar-refractivity contribution is 0.177. The zero-order valence-corrected chi connectivity index (χ0v) is 16.4. The molecule has 2 aromatic heterocycles. The van der Waals surface area contributed by atoms with Gasteiger partial charge >= 0.3 is 0 Å². The first-order valence-corrected chi connectivity index (χ1v) is 9.70. The normalized spacial score (nSPS) is 16.9. The van der Waals surface area contributed by atoms with Gasteiger partial charge in [-0.1, -0.05) is 18.2 Å². The Balaban J connectivity index is 1.28. The molecule has 0 bridgehead atoms. The Morgan fingerprint density at radius 3 is 3.11 bits per heavy atom. The highest BCUT2D eigenvalue weighted by atomic mass is 16.5. The van der Waals surface area contributed by atoms with Crippen molar-refractivity contribution in [3.05, 3.63) is 47.7 Å². The molecule has 0 spiro atoms. The van der Waals surface area contributed by atoms with Gasteiger partial charge < -0.3 is 20.4 Å². The second-order valence-electron chi connectivity index (χ2n) is 7.07. The van der Waals surface area contributed by atoms with Crippen molar-refractivity contribution >= 4 is 16.9 Å². The van der Waals surface area contributed by atoms with Gasteiger partial charge in [0.15, 0.2) is 11.8 Å². The van der Waals surface area contributed by atoms with Gasteiger partial charge in [0.2, 0.25) is 0 Å². The van der Waals surface area contributed by atoms with Crippen LogP contribution < -0.4 is 10.6 Å². The minimum atomic E-state index is 0.281. The predicted molar refractivity (Wildman–Crippen MR) is 109 cm³/mol. The molecule has 0 aliphatic carbocycles. The predicted octanol–water partition coefficient (Wildman–Crippen LogP) is 1.63. The Bertz CT molecular complexity index is 926. The minimum Gasteiger partial charge on any atom is -0.377 e. The van der Waals surface area contributed by atoms with Crippen LogP contribution in [0.1, 0.15) is 23.8 Å². The van der Waals surface area contributed by atoms with Gasteiger partial charge in [0.25, 0.3) is 0 Å². The second-order valence-corrected chi connectivity index (χ2v) is 7.07. The summed E-state index contributed by atoms with van der Waals surface area (Å²) in [6.45, 7) is 2.05. The highest BCUT2D eigenvalue weighted by molar-refractivity contribution is 5.81. The number of fused-ring (bicyclic) bond motifs is 2. The van der Waals surface area contributed by atoms with Crippen LogP contribution in [0.25, 0.3) is 10.9 Å². The van der Waals surface area contributed by atoms with Crippen LogP contribution >= 0.6 is 0 Å². The van der Waals surface area contributed by atoms with Gasteiger partial charge in [0, 0.05) is 50.8 Å². The van der Waals surface area contributed by atoms with Crippen molar-refractivity contribution in [3.63, 3.8) is 0 Å². The molecule has 28 heavy (non-hydrogen) atoms. The smallest absolute Gasteiger partial charge is 0.191 e. The maximum Gasteiger partial charge on any atom is 0.191 e. The number of aromatic amines is 1. The third-order valence-corrected chi connectivity index (χ3v) is 5.01. The van der Waals surface area contributed by atoms with Crippen LogP contribution in [0.4, 0.5) is 0 Å². The average Bonchev–Trinajstić information content (AvgIpc) is 3.30. The molecule has 4 rings (SSSR count). The zero-order chi connectivity index (χ0) is 19.3. The SMILES string of the molecule is CN=C(NCCc1cc2ccccc2[nH]1)NC1CCc2nc(COC)nn2C1. The molecule has 0 radical (unpaired) electrons. The summed E-state index contributed by atoms with van der Waals surface area (Å²) in [5.74, 6) is 2.60. The second kappa shape index (κ2) is 8.43. The van der Waals surface area contributed by atoms with Crippen molar-refractivity contribution < 1.29 is 4.74 Å². The lowest BCUT2D eigenvalue weighted by atomic mass is 10.1. The summed E-state index contributed by atoms with van der Waals surface area (Å²) < 4.78 is 7.11. The number of benzene rings is 1. The summed E-state index contributed by atoms with van der Waals surface area (Å²) >= 11 is 0. The van der Waals surface area contributed by atoms with E-state index in [1.54, 1.807) is 14.2 Å². The van der Waals surface area contributed by atoms with Crippen molar-refractivity contribution in [2.24, 2.45) is 4.99 Å². The third kappa shape index (κ3) is 4.17. The molecule has 3 N–H and O–H groups in total. The Kier molecular flexibility index (Phi) is 5.57. The Morgan fingerprint density at radius 1 is 1.39 bits per heavy atom. The highest BCUT2D eigenvalue weighted by Gasteiger charge is 2.22. The monoisotopic (exact) mass is 381 g/mol. The maximum atomic E-state index is 5.13. The van der Waals surface area contributed by atoms with Gasteiger partial charge in [-0.2, -0.15) is 5.10 Å². The fraction of sp³-hybridized carbons (Fsp3) is 0.450. The molecule has 1 atom stereocenters. The molecule has 8 heteroatoms. The standard InChI is InChI=1S/C20H27N7O/c1-21-20(22-10-9-15-11-14-5-3-4-6-17(14)23-15)24-16-7-8-19-25-18(13-28-2)26-27(19)12-16/h3-6,11,16,23H,7-10,12-13H2,1-2H3,(H2,21,22,24). The van der Waals surface area contributed by atoms with Crippen molar-refractivity contribution in [1.29, 1.82) is 0 Å². The molecule has 0 fully saturated rings. The number of methoxy groups -OCH3 is 1. The molecule has 0 saturated carbocycles. The number of rotatable bonds is 6. The van der Waals surface area contributed by atoms with Gasteiger partial charge in [0.05, 0.1) is 6.54 Å². The lowest BCUT2D eigenvalue weighted by Crippen LogP contribution is -2.47. The highest BCUT2D eigenvalue weighted by Crippen LogP contribution is 2.15. The van der Waals surface area contributed by atoms with E-state index >= 15 is 0 Å². The van der Waals surface area contributed by atoms with E-state index in [4.69, 9.17) is 4.74 Å². The van der Waals surface area contributed by atoms with E-state index in [-0.39, 0.29) is 6.04 Å². The molecule has 1 unspecified atom stereocenters. The fourth-order valence-electron chi connectivity index (χ4n) is 3.64. The Morgan fingerprint density at radius 2 is 2.29 bits per heavy atom. The van der Waals surface area contributed by atoms with Crippen LogP contribution in [0, 0.1) is 0 Å². The third-order valence-electron chi connectivity index (χ3n) is 5.01. The summed E-state index contributed by atoms with van der Waals surface area (Å²) in [7, 11) is 3.47. The van der Waals surface area contributed by atoms with Crippen LogP contribution in [-0.4, -0.2) is 52.5 Å². The van der Waals surface area contributed by atoms with Crippen LogP contribution in [0.15, 0.2) is 35.3 Å². The molecule has 1 aromatic carbocycles. The molecule has 3 heterocycles. The lowest BCUT2D eigenvalue weighted by Gasteiger charge is -2.25. The van der Waals surface area contributed by atoms with E-state index < -0.39 is 0 Å². The molecule has 0 amide bonds. The number of nitrogens with zero attached hydrogens (tertiary/aromatic N) is 4.